The van der Waals surface area contributed by atoms with E-state index in [1.54, 1.807) is 0 Å². The number of aromatic nitrogens is 1. The maximum atomic E-state index is 3.49. The van der Waals surface area contributed by atoms with Gasteiger partial charge in [-0.2, -0.15) is 0 Å². The first-order valence-corrected chi connectivity index (χ1v) is 7.43. The molecule has 1 aromatic heterocycles. The fraction of sp³-hybridized carbons (Fsp3) is 0.529. The molecule has 2 atom stereocenters. The maximum absolute atomic E-state index is 3.49. The topological polar surface area (TPSA) is 27.8 Å². The van der Waals surface area contributed by atoms with E-state index in [2.05, 4.69) is 49.5 Å². The SMILES string of the molecule is CNC1CCCC1Cc1c[nH]c2cc(C)cc(C)c12. The lowest BCUT2D eigenvalue weighted by molar-refractivity contribution is 0.424. The number of hydrogen-bond acceptors (Lipinski definition) is 1. The highest BCUT2D eigenvalue weighted by atomic mass is 14.9. The van der Waals surface area contributed by atoms with Crippen LogP contribution in [0.1, 0.15) is 36.0 Å². The van der Waals surface area contributed by atoms with E-state index in [0.717, 1.165) is 5.92 Å². The minimum Gasteiger partial charge on any atom is -0.361 e. The van der Waals surface area contributed by atoms with E-state index in [-0.39, 0.29) is 0 Å². The molecule has 0 amide bonds. The number of aryl methyl sites for hydroxylation is 2. The molecule has 1 aliphatic rings. The summed E-state index contributed by atoms with van der Waals surface area (Å²) in [6.07, 6.45) is 7.50. The van der Waals surface area contributed by atoms with Crippen LogP contribution in [0.25, 0.3) is 10.9 Å². The number of benzene rings is 1. The van der Waals surface area contributed by atoms with Gasteiger partial charge in [-0.25, -0.2) is 0 Å². The van der Waals surface area contributed by atoms with Gasteiger partial charge in [-0.15, -0.1) is 0 Å². The zero-order valence-electron chi connectivity index (χ0n) is 12.2. The molecule has 0 radical (unpaired) electrons. The Bertz CT molecular complexity index is 582. The number of fused-ring (bicyclic) bond motifs is 1. The van der Waals surface area contributed by atoms with Gasteiger partial charge in [0.05, 0.1) is 0 Å². The van der Waals surface area contributed by atoms with Gasteiger partial charge in [0.1, 0.15) is 0 Å². The largest absolute Gasteiger partial charge is 0.361 e. The van der Waals surface area contributed by atoms with Crippen molar-refractivity contribution in [3.8, 4) is 0 Å². The van der Waals surface area contributed by atoms with E-state index in [0.29, 0.717) is 6.04 Å². The van der Waals surface area contributed by atoms with Crippen molar-refractivity contribution >= 4 is 10.9 Å². The average molecular weight is 256 g/mol. The van der Waals surface area contributed by atoms with E-state index >= 15 is 0 Å². The molecule has 0 bridgehead atoms. The Morgan fingerprint density at radius 3 is 2.89 bits per heavy atom. The third-order valence-corrected chi connectivity index (χ3v) is 4.71. The molecular weight excluding hydrogens is 232 g/mol. The number of H-pyrrole nitrogens is 1. The first-order chi connectivity index (χ1) is 9.19. The fourth-order valence-corrected chi connectivity index (χ4v) is 3.85. The smallest absolute Gasteiger partial charge is 0.0462 e. The quantitative estimate of drug-likeness (QED) is 0.860. The van der Waals surface area contributed by atoms with Crippen LogP contribution in [-0.2, 0) is 6.42 Å². The van der Waals surface area contributed by atoms with Crippen molar-refractivity contribution < 1.29 is 0 Å². The number of aromatic amines is 1. The highest BCUT2D eigenvalue weighted by Gasteiger charge is 2.26. The Hall–Kier alpha value is -1.28. The molecule has 1 aromatic carbocycles. The third kappa shape index (κ3) is 2.30. The molecule has 1 aliphatic carbocycles. The summed E-state index contributed by atoms with van der Waals surface area (Å²) in [5.41, 5.74) is 5.55. The van der Waals surface area contributed by atoms with Crippen molar-refractivity contribution in [2.24, 2.45) is 5.92 Å². The lowest BCUT2D eigenvalue weighted by atomic mass is 9.93. The summed E-state index contributed by atoms with van der Waals surface area (Å²) < 4.78 is 0. The van der Waals surface area contributed by atoms with Gasteiger partial charge in [0, 0.05) is 23.1 Å². The molecule has 2 aromatic rings. The predicted octanol–water partition coefficient (Wildman–Crippen LogP) is 3.72. The van der Waals surface area contributed by atoms with Crippen LogP contribution in [0.2, 0.25) is 0 Å². The molecule has 1 fully saturated rings. The number of hydrogen-bond donors (Lipinski definition) is 2. The van der Waals surface area contributed by atoms with Crippen LogP contribution < -0.4 is 5.32 Å². The minimum atomic E-state index is 0.704. The van der Waals surface area contributed by atoms with E-state index in [1.165, 1.54) is 53.3 Å². The molecule has 2 nitrogen and oxygen atoms in total. The van der Waals surface area contributed by atoms with E-state index in [1.807, 2.05) is 0 Å². The molecule has 0 aliphatic heterocycles. The molecule has 102 valence electrons. The van der Waals surface area contributed by atoms with Crippen molar-refractivity contribution in [2.45, 2.75) is 45.6 Å². The third-order valence-electron chi connectivity index (χ3n) is 4.71. The van der Waals surface area contributed by atoms with Crippen molar-refractivity contribution in [3.05, 3.63) is 35.0 Å². The molecule has 2 N–H and O–H groups in total. The van der Waals surface area contributed by atoms with Gasteiger partial charge in [-0.3, -0.25) is 0 Å². The van der Waals surface area contributed by atoms with Crippen LogP contribution in [0.15, 0.2) is 18.3 Å². The molecule has 0 saturated heterocycles. The van der Waals surface area contributed by atoms with Crippen LogP contribution in [0.5, 0.6) is 0 Å². The van der Waals surface area contributed by atoms with Gasteiger partial charge >= 0.3 is 0 Å². The van der Waals surface area contributed by atoms with Gasteiger partial charge < -0.3 is 10.3 Å². The predicted molar refractivity (Wildman–Crippen MR) is 81.7 cm³/mol. The Kier molecular flexibility index (Phi) is 3.36. The summed E-state index contributed by atoms with van der Waals surface area (Å²) in [6, 6.07) is 5.26. The van der Waals surface area contributed by atoms with Gasteiger partial charge in [-0.05, 0) is 68.8 Å². The van der Waals surface area contributed by atoms with Crippen molar-refractivity contribution in [1.82, 2.24) is 10.3 Å². The Balaban J connectivity index is 1.93. The highest BCUT2D eigenvalue weighted by molar-refractivity contribution is 5.87. The molecule has 1 heterocycles. The Morgan fingerprint density at radius 1 is 1.26 bits per heavy atom. The van der Waals surface area contributed by atoms with Gasteiger partial charge in [0.25, 0.3) is 0 Å². The monoisotopic (exact) mass is 256 g/mol. The van der Waals surface area contributed by atoms with Gasteiger partial charge in [0.2, 0.25) is 0 Å². The molecule has 3 rings (SSSR count). The first-order valence-electron chi connectivity index (χ1n) is 7.43. The van der Waals surface area contributed by atoms with Crippen LogP contribution in [0, 0.1) is 19.8 Å². The molecule has 2 heteroatoms. The average Bonchev–Trinajstić information content (AvgIpc) is 2.96. The second-order valence-electron chi connectivity index (χ2n) is 6.11. The lowest BCUT2D eigenvalue weighted by Crippen LogP contribution is -2.29. The van der Waals surface area contributed by atoms with Crippen molar-refractivity contribution in [2.75, 3.05) is 7.05 Å². The Labute approximate surface area is 115 Å². The Morgan fingerprint density at radius 2 is 2.11 bits per heavy atom. The van der Waals surface area contributed by atoms with Gasteiger partial charge in [-0.1, -0.05) is 12.5 Å². The first kappa shape index (κ1) is 12.7. The highest BCUT2D eigenvalue weighted by Crippen LogP contribution is 2.32. The van der Waals surface area contributed by atoms with Gasteiger partial charge in [0.15, 0.2) is 0 Å². The summed E-state index contributed by atoms with van der Waals surface area (Å²) in [7, 11) is 2.10. The standard InChI is InChI=1S/C17H24N2/c1-11-7-12(2)17-14(10-19-16(17)8-11)9-13-5-4-6-15(13)18-3/h7-8,10,13,15,18-19H,4-6,9H2,1-3H3. The second-order valence-corrected chi connectivity index (χ2v) is 6.11. The molecule has 2 unspecified atom stereocenters. The molecule has 0 spiro atoms. The summed E-state index contributed by atoms with van der Waals surface area (Å²) in [4.78, 5) is 3.46. The normalized spacial score (nSPS) is 23.3. The summed E-state index contributed by atoms with van der Waals surface area (Å²) in [5.74, 6) is 0.796. The molecule has 19 heavy (non-hydrogen) atoms. The molecular formula is C17H24N2. The van der Waals surface area contributed by atoms with E-state index in [4.69, 9.17) is 0 Å². The van der Waals surface area contributed by atoms with Crippen molar-refractivity contribution in [1.29, 1.82) is 0 Å². The summed E-state index contributed by atoms with van der Waals surface area (Å²) in [6.45, 7) is 4.40. The zero-order chi connectivity index (χ0) is 13.4. The number of nitrogens with one attached hydrogen (secondary N) is 2. The molecule has 1 saturated carbocycles. The number of rotatable bonds is 3. The second kappa shape index (κ2) is 5.01. The fourth-order valence-electron chi connectivity index (χ4n) is 3.85. The van der Waals surface area contributed by atoms with Crippen LogP contribution in [0.3, 0.4) is 0 Å². The van der Waals surface area contributed by atoms with Crippen molar-refractivity contribution in [3.63, 3.8) is 0 Å². The van der Waals surface area contributed by atoms with E-state index in [9.17, 15) is 0 Å². The summed E-state index contributed by atoms with van der Waals surface area (Å²) >= 11 is 0. The van der Waals surface area contributed by atoms with E-state index < -0.39 is 0 Å². The van der Waals surface area contributed by atoms with Crippen LogP contribution in [-0.4, -0.2) is 18.1 Å². The lowest BCUT2D eigenvalue weighted by Gasteiger charge is -2.18. The maximum Gasteiger partial charge on any atom is 0.0462 e. The van der Waals surface area contributed by atoms with Crippen LogP contribution >= 0.6 is 0 Å². The van der Waals surface area contributed by atoms with Crippen LogP contribution in [0.4, 0.5) is 0 Å². The zero-order valence-corrected chi connectivity index (χ0v) is 12.2. The summed E-state index contributed by atoms with van der Waals surface area (Å²) in [5, 5.41) is 4.94. The minimum absolute atomic E-state index is 0.704.